The van der Waals surface area contributed by atoms with Gasteiger partial charge in [-0.2, -0.15) is 18.3 Å². The Balaban J connectivity index is 0.000000120. The third-order valence-electron chi connectivity index (χ3n) is 27.8. The van der Waals surface area contributed by atoms with E-state index in [-0.39, 0.29) is 27.7 Å². The molecule has 0 radical (unpaired) electrons. The van der Waals surface area contributed by atoms with Crippen molar-refractivity contribution >= 4 is 130 Å². The minimum Gasteiger partial charge on any atom is -0.338 e. The molecule has 8 heteroatoms. The summed E-state index contributed by atoms with van der Waals surface area (Å²) in [6.45, 7) is 8.04. The molecule has 0 amide bonds. The summed E-state index contributed by atoms with van der Waals surface area (Å²) in [5.41, 5.74) is 27.4. The third kappa shape index (κ3) is 13.9. The highest BCUT2D eigenvalue weighted by atomic mass is 15.0. The smallest absolute Gasteiger partial charge is 0.237 e. The molecule has 0 atom stereocenters. The van der Waals surface area contributed by atoms with E-state index in [1.807, 2.05) is 63.3 Å². The predicted octanol–water partition coefficient (Wildman–Crippen LogP) is 27.7. The van der Waals surface area contributed by atoms with Gasteiger partial charge in [-0.3, -0.25) is 0 Å². The van der Waals surface area contributed by atoms with Gasteiger partial charge in [-0.1, -0.05) is 201 Å². The van der Waals surface area contributed by atoms with E-state index >= 15 is 0 Å². The highest BCUT2D eigenvalue weighted by molar-refractivity contribution is 6.25. The average molecular weight is 1640 g/mol. The normalized spacial score (nSPS) is 16.6. The molecule has 8 heterocycles. The molecule has 0 bridgehead atoms. The summed E-state index contributed by atoms with van der Waals surface area (Å²) in [5.74, 6) is -1.20. The molecule has 0 spiro atoms. The van der Waals surface area contributed by atoms with Gasteiger partial charge < -0.3 is 18.3 Å². The zero-order valence-electron chi connectivity index (χ0n) is 88.5. The standard InChI is InChI=1S/C34H39N2.C32H35N2.C26H25N2.C24H21N2/c1-21-8-11-28(22(2)16-21)32-33-31(23(3)20-35(32)6)29-18-27-17-25(24-12-14-34(4,5)15-13-24)9-10-26(27)19-30(29)36(33)7;1-20-11-14-27(21(2)15-20)31-32-30(22(3)19-33(31)4)28-17-26-16-24(23-9-7-6-8-10-23)12-13-25(26)18-29(28)34(32)5;1-16-10-12-20(17(2)14-16)25-26-23(18(3)15-27(25)4)24-21-9-7-6-8-19(21)11-13-22(24)28(26)5;1-16-8-4-6-10-18(16)23-24-20(14-15-25(23)2)22-19-11-7-5-9-17(19)12-13-21(22)26(24)3/h8-11,16-20,24H,12-15H2,1-7H3;11-19,23H,6-10H2,1-5H3;6-15H,1-5H3;4-15H,1-3H3/q4*+1/i1D3,3D3,24D;1D3,3D3,23D;;. The molecular formula is C116H120N8+4. The van der Waals surface area contributed by atoms with Crippen LogP contribution in [0.2, 0.25) is 0 Å². The Hall–Kier alpha value is -12.5. The van der Waals surface area contributed by atoms with Crippen LogP contribution in [0.4, 0.5) is 0 Å². The van der Waals surface area contributed by atoms with Gasteiger partial charge in [0.1, 0.15) is 50.3 Å². The van der Waals surface area contributed by atoms with Crippen molar-refractivity contribution in [3.8, 4) is 45.0 Å². The summed E-state index contributed by atoms with van der Waals surface area (Å²) in [5, 5.41) is 17.8. The lowest BCUT2D eigenvalue weighted by Crippen LogP contribution is -2.32. The first-order chi connectivity index (χ1) is 65.2. The van der Waals surface area contributed by atoms with Crippen LogP contribution in [0.3, 0.4) is 0 Å². The molecule has 0 unspecified atom stereocenters. The van der Waals surface area contributed by atoms with Crippen LogP contribution in [0.15, 0.2) is 243 Å². The van der Waals surface area contributed by atoms with Gasteiger partial charge in [0.15, 0.2) is 24.8 Å². The van der Waals surface area contributed by atoms with Crippen molar-refractivity contribution in [1.82, 2.24) is 18.3 Å². The van der Waals surface area contributed by atoms with E-state index in [0.29, 0.717) is 10.8 Å². The maximum atomic E-state index is 9.33. The van der Waals surface area contributed by atoms with Gasteiger partial charge in [-0.15, -0.1) is 0 Å². The number of pyridine rings is 4. The summed E-state index contributed by atoms with van der Waals surface area (Å²) in [6.07, 6.45) is 16.6. The van der Waals surface area contributed by atoms with Gasteiger partial charge in [0.05, 0.1) is 22.3 Å². The third-order valence-corrected chi connectivity index (χ3v) is 27.8. The highest BCUT2D eigenvalue weighted by Gasteiger charge is 2.32. The molecule has 22 rings (SSSR count). The molecule has 2 saturated carbocycles. The van der Waals surface area contributed by atoms with E-state index in [9.17, 15) is 1.37 Å². The first-order valence-electron chi connectivity index (χ1n) is 51.0. The van der Waals surface area contributed by atoms with Crippen molar-refractivity contribution in [3.63, 3.8) is 0 Å². The number of hydrogen-bond acceptors (Lipinski definition) is 0. The fraction of sp³-hybridized carbons (Fsp3) is 0.276. The first-order valence-corrected chi connectivity index (χ1v) is 44.0. The van der Waals surface area contributed by atoms with E-state index in [1.54, 1.807) is 36.7 Å². The molecule has 124 heavy (non-hydrogen) atoms. The largest absolute Gasteiger partial charge is 0.338 e. The monoisotopic (exact) mass is 1640 g/mol. The lowest BCUT2D eigenvalue weighted by molar-refractivity contribution is -0.659. The Labute approximate surface area is 751 Å². The van der Waals surface area contributed by atoms with E-state index in [1.165, 1.54) is 116 Å². The predicted molar refractivity (Wildman–Crippen MR) is 526 cm³/mol. The second-order valence-electron chi connectivity index (χ2n) is 36.6. The molecular weight excluding hydrogens is 1510 g/mol. The van der Waals surface area contributed by atoms with E-state index < -0.39 is 39.2 Å². The molecule has 2 fully saturated rings. The zero-order chi connectivity index (χ0) is 98.2. The summed E-state index contributed by atoms with van der Waals surface area (Å²) in [7, 11) is 16.3. The Morgan fingerprint density at radius 1 is 0.306 bits per heavy atom. The van der Waals surface area contributed by atoms with Crippen LogP contribution >= 0.6 is 0 Å². The number of benzene rings is 12. The number of rotatable bonds is 6. The van der Waals surface area contributed by atoms with Crippen molar-refractivity contribution in [2.24, 2.45) is 61.8 Å². The summed E-state index contributed by atoms with van der Waals surface area (Å²) in [6, 6.07) is 75.4. The van der Waals surface area contributed by atoms with Gasteiger partial charge in [0.2, 0.25) is 22.8 Å². The summed E-state index contributed by atoms with van der Waals surface area (Å²) < 4.78 is 133. The Bertz CT molecular complexity index is 8420. The molecule has 620 valence electrons. The zero-order valence-corrected chi connectivity index (χ0v) is 74.5. The quantitative estimate of drug-likeness (QED) is 0.149. The fourth-order valence-electron chi connectivity index (χ4n) is 21.3. The Morgan fingerprint density at radius 3 is 1.23 bits per heavy atom. The van der Waals surface area contributed by atoms with Gasteiger partial charge >= 0.3 is 0 Å². The highest BCUT2D eigenvalue weighted by Crippen LogP contribution is 2.48. The molecule has 12 aromatic carbocycles. The Kier molecular flexibility index (Phi) is 16.9. The van der Waals surface area contributed by atoms with Crippen molar-refractivity contribution in [1.29, 1.82) is 0 Å². The Morgan fingerprint density at radius 2 is 0.726 bits per heavy atom. The topological polar surface area (TPSA) is 35.2 Å². The maximum Gasteiger partial charge on any atom is 0.237 e. The van der Waals surface area contributed by atoms with Crippen LogP contribution < -0.4 is 18.3 Å². The van der Waals surface area contributed by atoms with Crippen molar-refractivity contribution in [3.05, 3.63) is 310 Å². The summed E-state index contributed by atoms with van der Waals surface area (Å²) in [4.78, 5) is 0. The van der Waals surface area contributed by atoms with E-state index in [4.69, 9.17) is 17.8 Å². The number of aromatic nitrogens is 8. The first kappa shape index (κ1) is 66.1. The molecule has 0 aliphatic heterocycles. The van der Waals surface area contributed by atoms with Crippen LogP contribution in [0.1, 0.15) is 169 Å². The van der Waals surface area contributed by atoms with Gasteiger partial charge in [-0.25, -0.2) is 0 Å². The van der Waals surface area contributed by atoms with Crippen LogP contribution in [0.5, 0.6) is 0 Å². The number of hydrogen-bond donors (Lipinski definition) is 0. The number of aryl methyl sites for hydroxylation is 18. The maximum absolute atomic E-state index is 9.33. The second-order valence-corrected chi connectivity index (χ2v) is 36.6. The molecule has 0 N–H and O–H groups in total. The SMILES string of the molecule is Cc1ccc(-c2c3c(c(C)c[n+]2C)c2c4ccccc4ccc2n3C)c(C)c1.Cc1ccccc1-c1c2c(cc[n+]1C)c1c3ccccc3ccc1n2C.[2H]C([2H])([2H])c1ccc(-c2c3c(c(C([2H])([2H])[2H])c[n+]2C)c2cc4cc(C5([2H])CCC(C)(C)CC5)ccc4cc2n3C)c(C)c1.[2H]C([2H])([2H])c1ccc(-c2c3c(c(C([2H])([2H])[2H])c[n+]2C)c2cc4cc(C5([2H])CCCCC5)ccc4cc2n3C)c(C)c1. The van der Waals surface area contributed by atoms with Gasteiger partial charge in [0, 0.05) is 135 Å². The van der Waals surface area contributed by atoms with Crippen LogP contribution in [-0.2, 0) is 56.4 Å². The van der Waals surface area contributed by atoms with E-state index in [2.05, 4.69) is 292 Å². The van der Waals surface area contributed by atoms with Crippen molar-refractivity contribution < 1.29 is 37.5 Å². The number of fused-ring (bicyclic) bond motifs is 18. The molecule has 8 nitrogen and oxygen atoms in total. The lowest BCUT2D eigenvalue weighted by Gasteiger charge is -2.34. The summed E-state index contributed by atoms with van der Waals surface area (Å²) >= 11 is 0. The van der Waals surface area contributed by atoms with Gasteiger partial charge in [0.25, 0.3) is 0 Å². The fourth-order valence-corrected chi connectivity index (χ4v) is 21.3. The molecule has 0 saturated heterocycles. The lowest BCUT2D eigenvalue weighted by atomic mass is 9.71. The average Bonchev–Trinajstić information content (AvgIpc) is 1.64. The van der Waals surface area contributed by atoms with E-state index in [0.717, 1.165) is 151 Å². The molecule has 2 aliphatic rings. The van der Waals surface area contributed by atoms with Gasteiger partial charge in [-0.05, 0) is 262 Å². The molecule has 2 aliphatic carbocycles. The second kappa shape index (κ2) is 31.7. The van der Waals surface area contributed by atoms with Crippen LogP contribution in [-0.4, -0.2) is 18.3 Å². The minimum atomic E-state index is -2.35. The van der Waals surface area contributed by atoms with Crippen molar-refractivity contribution in [2.45, 2.75) is 152 Å². The van der Waals surface area contributed by atoms with Crippen LogP contribution in [0.25, 0.3) is 175 Å². The molecule has 8 aromatic heterocycles. The minimum absolute atomic E-state index is 0.265. The number of nitrogens with zero attached hydrogens (tertiary/aromatic N) is 8. The van der Waals surface area contributed by atoms with Crippen molar-refractivity contribution in [2.75, 3.05) is 0 Å². The van der Waals surface area contributed by atoms with Crippen LogP contribution in [0, 0.1) is 74.4 Å². The molecule has 20 aromatic rings.